The van der Waals surface area contributed by atoms with Gasteiger partial charge in [-0.15, -0.1) is 11.8 Å². The summed E-state index contributed by atoms with van der Waals surface area (Å²) in [6.07, 6.45) is 9.59. The van der Waals surface area contributed by atoms with Crippen LogP contribution in [0.1, 0.15) is 32.8 Å². The fraction of sp³-hybridized carbons (Fsp3) is 0.240. The zero-order chi connectivity index (χ0) is 19.7. The quantitative estimate of drug-likeness (QED) is 0.537. The van der Waals surface area contributed by atoms with Crippen LogP contribution < -0.4 is 4.74 Å². The maximum absolute atomic E-state index is 6.10. The van der Waals surface area contributed by atoms with Gasteiger partial charge in [-0.25, -0.2) is 0 Å². The van der Waals surface area contributed by atoms with Crippen molar-refractivity contribution in [3.05, 3.63) is 83.7 Å². The van der Waals surface area contributed by atoms with Crippen molar-refractivity contribution in [2.45, 2.75) is 36.8 Å². The molecule has 0 bridgehead atoms. The number of thioether (sulfide) groups is 1. The van der Waals surface area contributed by atoms with Crippen LogP contribution in [0.3, 0.4) is 0 Å². The molecule has 0 N–H and O–H groups in total. The van der Waals surface area contributed by atoms with Gasteiger partial charge in [0, 0.05) is 28.9 Å². The molecule has 0 saturated heterocycles. The molecule has 0 fully saturated rings. The maximum Gasteiger partial charge on any atom is 0.218 e. The van der Waals surface area contributed by atoms with E-state index in [0.29, 0.717) is 0 Å². The molecule has 2 aliphatic heterocycles. The molecule has 2 heterocycles. The molecule has 2 aromatic rings. The summed E-state index contributed by atoms with van der Waals surface area (Å²) in [4.78, 5) is 1.34. The van der Waals surface area contributed by atoms with Crippen molar-refractivity contribution in [2.24, 2.45) is 0 Å². The van der Waals surface area contributed by atoms with Gasteiger partial charge in [0.05, 0.1) is 4.90 Å². The Morgan fingerprint density at radius 2 is 1.82 bits per heavy atom. The van der Waals surface area contributed by atoms with Gasteiger partial charge in [-0.3, -0.25) is 0 Å². The highest BCUT2D eigenvalue weighted by Crippen LogP contribution is 2.42. The molecule has 0 radical (unpaired) electrons. The molecule has 0 aliphatic carbocycles. The normalized spacial score (nSPS) is 19.7. The van der Waals surface area contributed by atoms with E-state index in [2.05, 4.69) is 87.0 Å². The summed E-state index contributed by atoms with van der Waals surface area (Å²) in [5.74, 6) is 1.82. The Balaban J connectivity index is 1.67. The van der Waals surface area contributed by atoms with Gasteiger partial charge >= 0.3 is 0 Å². The van der Waals surface area contributed by atoms with Crippen molar-refractivity contribution in [3.8, 4) is 5.75 Å². The topological polar surface area (TPSA) is 12.2 Å². The number of nitrogens with zero attached hydrogens (tertiary/aromatic N) is 1. The Labute approximate surface area is 171 Å². The van der Waals surface area contributed by atoms with Crippen molar-refractivity contribution in [2.75, 3.05) is 7.05 Å². The zero-order valence-corrected chi connectivity index (χ0v) is 17.7. The van der Waals surface area contributed by atoms with Crippen LogP contribution in [-0.2, 0) is 0 Å². The first-order chi connectivity index (χ1) is 13.4. The first-order valence-corrected chi connectivity index (χ1v) is 10.5. The lowest BCUT2D eigenvalue weighted by Gasteiger charge is -2.19. The van der Waals surface area contributed by atoms with Crippen molar-refractivity contribution in [1.82, 2.24) is 0 Å². The van der Waals surface area contributed by atoms with Crippen LogP contribution in [0.5, 0.6) is 5.75 Å². The number of hydrogen-bond acceptors (Lipinski definition) is 2. The van der Waals surface area contributed by atoms with Crippen molar-refractivity contribution < 1.29 is 9.31 Å². The first kappa shape index (κ1) is 18.8. The van der Waals surface area contributed by atoms with Crippen LogP contribution in [0.4, 0.5) is 5.69 Å². The largest absolute Gasteiger partial charge is 0.456 e. The number of benzene rings is 2. The van der Waals surface area contributed by atoms with Crippen LogP contribution in [0.25, 0.3) is 6.08 Å². The molecule has 0 atom stereocenters. The molecular formula is C25H26NOS+. The van der Waals surface area contributed by atoms with Gasteiger partial charge < -0.3 is 4.74 Å². The molecule has 0 spiro atoms. The van der Waals surface area contributed by atoms with E-state index in [9.17, 15) is 0 Å². The van der Waals surface area contributed by atoms with E-state index < -0.39 is 0 Å². The van der Waals surface area contributed by atoms with Crippen LogP contribution in [0.2, 0.25) is 0 Å². The molecule has 3 heteroatoms. The molecular weight excluding hydrogens is 362 g/mol. The van der Waals surface area contributed by atoms with Gasteiger partial charge in [-0.1, -0.05) is 30.3 Å². The Bertz CT molecular complexity index is 1040. The van der Waals surface area contributed by atoms with Crippen molar-refractivity contribution in [3.63, 3.8) is 0 Å². The highest BCUT2D eigenvalue weighted by Gasteiger charge is 2.31. The van der Waals surface area contributed by atoms with Crippen LogP contribution >= 0.6 is 11.8 Å². The number of para-hydroxylation sites is 2. The predicted octanol–water partition coefficient (Wildman–Crippen LogP) is 6.61. The fourth-order valence-corrected chi connectivity index (χ4v) is 4.85. The van der Waals surface area contributed by atoms with Crippen molar-refractivity contribution in [1.29, 1.82) is 0 Å². The lowest BCUT2D eigenvalue weighted by molar-refractivity contribution is -0.408. The standard InChI is InChI=1S/C25H26NOS/c1-18(22-16-14-19-9-5-7-11-23(19)27-22)13-15-20-17-25(2,3)28-24-12-8-6-10-21(24)26(20)4/h5-16H,17H2,1-4H3/q+1/b15-13+,22-18+. The summed E-state index contributed by atoms with van der Waals surface area (Å²) in [6, 6.07) is 16.8. The second-order valence-corrected chi connectivity index (χ2v) is 9.66. The molecule has 0 saturated carbocycles. The Hall–Kier alpha value is -2.52. The van der Waals surface area contributed by atoms with Crippen LogP contribution in [0, 0.1) is 0 Å². The average molecular weight is 389 g/mol. The lowest BCUT2D eigenvalue weighted by Crippen LogP contribution is -2.21. The minimum Gasteiger partial charge on any atom is -0.456 e. The first-order valence-electron chi connectivity index (χ1n) is 9.64. The Kier molecular flexibility index (Phi) is 5.03. The SMILES string of the molecule is CC(/C=C/C1=[N+](C)c2ccccc2SC(C)(C)C1)=C1/C=Cc2ccccc2O1. The highest BCUT2D eigenvalue weighted by atomic mass is 32.2. The molecule has 142 valence electrons. The monoisotopic (exact) mass is 388 g/mol. The summed E-state index contributed by atoms with van der Waals surface area (Å²) < 4.78 is 8.56. The zero-order valence-electron chi connectivity index (χ0n) is 16.9. The Morgan fingerprint density at radius 1 is 1.07 bits per heavy atom. The third kappa shape index (κ3) is 3.85. The number of rotatable bonds is 2. The highest BCUT2D eigenvalue weighted by molar-refractivity contribution is 8.00. The second-order valence-electron chi connectivity index (χ2n) is 7.91. The predicted molar refractivity (Wildman–Crippen MR) is 120 cm³/mol. The molecule has 0 amide bonds. The van der Waals surface area contributed by atoms with Crippen molar-refractivity contribution >= 4 is 29.2 Å². The van der Waals surface area contributed by atoms with E-state index in [1.165, 1.54) is 16.3 Å². The second kappa shape index (κ2) is 7.48. The summed E-state index contributed by atoms with van der Waals surface area (Å²) in [5.41, 5.74) is 4.82. The summed E-state index contributed by atoms with van der Waals surface area (Å²) in [7, 11) is 2.16. The van der Waals surface area contributed by atoms with Gasteiger partial charge in [0.25, 0.3) is 0 Å². The summed E-state index contributed by atoms with van der Waals surface area (Å²) in [5, 5.41) is 0. The smallest absolute Gasteiger partial charge is 0.218 e. The van der Waals surface area contributed by atoms with Crippen LogP contribution in [0.15, 0.2) is 83.0 Å². The molecule has 2 nitrogen and oxygen atoms in total. The van der Waals surface area contributed by atoms with Gasteiger partial charge in [0.2, 0.25) is 5.69 Å². The van der Waals surface area contributed by atoms with E-state index >= 15 is 0 Å². The minimum absolute atomic E-state index is 0.141. The van der Waals surface area contributed by atoms with Crippen LogP contribution in [-0.4, -0.2) is 22.1 Å². The molecule has 2 aliphatic rings. The van der Waals surface area contributed by atoms with Gasteiger partial charge in [-0.2, -0.15) is 4.58 Å². The fourth-order valence-electron chi connectivity index (χ4n) is 3.58. The summed E-state index contributed by atoms with van der Waals surface area (Å²) in [6.45, 7) is 6.74. The minimum atomic E-state index is 0.141. The third-order valence-electron chi connectivity index (χ3n) is 5.12. The third-order valence-corrected chi connectivity index (χ3v) is 6.38. The number of ether oxygens (including phenoxy) is 1. The van der Waals surface area contributed by atoms with Gasteiger partial charge in [-0.05, 0) is 56.7 Å². The average Bonchev–Trinajstić information content (AvgIpc) is 2.79. The molecule has 28 heavy (non-hydrogen) atoms. The van der Waals surface area contributed by atoms with Gasteiger partial charge in [0.1, 0.15) is 18.6 Å². The molecule has 0 aromatic heterocycles. The number of allylic oxidation sites excluding steroid dienone is 4. The lowest BCUT2D eigenvalue weighted by atomic mass is 10.0. The molecule has 2 aromatic carbocycles. The van der Waals surface area contributed by atoms with E-state index in [1.807, 2.05) is 30.0 Å². The van der Waals surface area contributed by atoms with E-state index in [4.69, 9.17) is 4.74 Å². The number of hydrogen-bond donors (Lipinski definition) is 0. The van der Waals surface area contributed by atoms with E-state index in [-0.39, 0.29) is 4.75 Å². The van der Waals surface area contributed by atoms with E-state index in [1.54, 1.807) is 0 Å². The van der Waals surface area contributed by atoms with Gasteiger partial charge in [0.15, 0.2) is 5.71 Å². The maximum atomic E-state index is 6.10. The Morgan fingerprint density at radius 3 is 2.68 bits per heavy atom. The summed E-state index contributed by atoms with van der Waals surface area (Å²) >= 11 is 1.95. The molecule has 0 unspecified atom stereocenters. The number of fused-ring (bicyclic) bond motifs is 2. The van der Waals surface area contributed by atoms with E-state index in [0.717, 1.165) is 29.1 Å². The molecule has 4 rings (SSSR count).